The Bertz CT molecular complexity index is 1060. The average Bonchev–Trinajstić information content (AvgIpc) is 3.43. The summed E-state index contributed by atoms with van der Waals surface area (Å²) >= 11 is 0. The van der Waals surface area contributed by atoms with Crippen LogP contribution in [0.5, 0.6) is 5.75 Å². The largest absolute Gasteiger partial charge is 0.479 e. The number of amides is 1. The molecule has 7 nitrogen and oxygen atoms in total. The van der Waals surface area contributed by atoms with Crippen LogP contribution in [-0.4, -0.2) is 57.3 Å². The molecule has 1 amide bonds. The van der Waals surface area contributed by atoms with Crippen LogP contribution in [0.4, 0.5) is 15.8 Å². The Balaban J connectivity index is 1.32. The van der Waals surface area contributed by atoms with Crippen molar-refractivity contribution in [2.45, 2.75) is 31.4 Å². The SMILES string of the molecule is CN[C@@H]1CCN(c2ccc(N3CCc4cc(OC5CCOC5=O)ccc4C3=O)cc2F)C1. The molecule has 0 bridgehead atoms. The van der Waals surface area contributed by atoms with Gasteiger partial charge in [-0.05, 0) is 61.9 Å². The number of nitrogens with one attached hydrogen (secondary N) is 1. The highest BCUT2D eigenvalue weighted by atomic mass is 19.1. The van der Waals surface area contributed by atoms with Crippen LogP contribution in [-0.2, 0) is 16.0 Å². The summed E-state index contributed by atoms with van der Waals surface area (Å²) in [6.45, 7) is 2.39. The molecule has 0 radical (unpaired) electrons. The first-order valence-electron chi connectivity index (χ1n) is 11.0. The van der Waals surface area contributed by atoms with Crippen LogP contribution >= 0.6 is 0 Å². The van der Waals surface area contributed by atoms with Crippen LogP contribution < -0.4 is 19.9 Å². The van der Waals surface area contributed by atoms with E-state index >= 15 is 0 Å². The Morgan fingerprint density at radius 3 is 2.72 bits per heavy atom. The standard InChI is InChI=1S/C24H26FN3O4/c1-26-16-7-9-27(14-16)21-5-2-17(13-20(21)25)28-10-6-15-12-18(3-4-19(15)23(28)29)32-22-8-11-31-24(22)30/h2-5,12-13,16,22,26H,6-11,14H2,1H3/t16-,22?/m1/s1. The van der Waals surface area contributed by atoms with Crippen LogP contribution in [0.3, 0.4) is 0 Å². The van der Waals surface area contributed by atoms with Crippen LogP contribution in [0.2, 0.25) is 0 Å². The molecule has 3 aliphatic rings. The highest BCUT2D eigenvalue weighted by Gasteiger charge is 2.31. The van der Waals surface area contributed by atoms with Crippen LogP contribution in [0.15, 0.2) is 36.4 Å². The number of carbonyl (C=O) groups is 2. The number of likely N-dealkylation sites (N-methyl/N-ethyl adjacent to an activating group) is 1. The van der Waals surface area contributed by atoms with Crippen LogP contribution in [0, 0.1) is 5.82 Å². The van der Waals surface area contributed by atoms with Gasteiger partial charge in [-0.15, -0.1) is 0 Å². The number of hydrogen-bond acceptors (Lipinski definition) is 6. The fourth-order valence-corrected chi connectivity index (χ4v) is 4.67. The topological polar surface area (TPSA) is 71.1 Å². The van der Waals surface area contributed by atoms with Gasteiger partial charge in [0.25, 0.3) is 5.91 Å². The van der Waals surface area contributed by atoms with Gasteiger partial charge in [-0.2, -0.15) is 0 Å². The number of ether oxygens (including phenoxy) is 2. The minimum absolute atomic E-state index is 0.165. The first-order valence-corrected chi connectivity index (χ1v) is 11.0. The number of esters is 1. The fourth-order valence-electron chi connectivity index (χ4n) is 4.67. The molecule has 8 heteroatoms. The summed E-state index contributed by atoms with van der Waals surface area (Å²) in [7, 11) is 1.92. The average molecular weight is 439 g/mol. The van der Waals surface area contributed by atoms with E-state index in [1.165, 1.54) is 6.07 Å². The monoisotopic (exact) mass is 439 g/mol. The Morgan fingerprint density at radius 1 is 1.12 bits per heavy atom. The molecule has 2 atom stereocenters. The number of halogens is 1. The molecule has 0 aliphatic carbocycles. The third kappa shape index (κ3) is 3.79. The van der Waals surface area contributed by atoms with Gasteiger partial charge >= 0.3 is 5.97 Å². The molecule has 3 heterocycles. The Kier molecular flexibility index (Phi) is 5.46. The van der Waals surface area contributed by atoms with Crippen molar-refractivity contribution in [3.63, 3.8) is 0 Å². The number of rotatable bonds is 5. The van der Waals surface area contributed by atoms with Crippen molar-refractivity contribution in [2.75, 3.05) is 43.1 Å². The third-order valence-electron chi connectivity index (χ3n) is 6.50. The van der Waals surface area contributed by atoms with E-state index in [0.29, 0.717) is 54.7 Å². The van der Waals surface area contributed by atoms with Crippen LogP contribution in [0.25, 0.3) is 0 Å². The van der Waals surface area contributed by atoms with Crippen molar-refractivity contribution >= 4 is 23.3 Å². The maximum atomic E-state index is 14.9. The van der Waals surface area contributed by atoms with E-state index in [9.17, 15) is 14.0 Å². The molecule has 1 unspecified atom stereocenters. The Hall–Kier alpha value is -3.13. The second-order valence-electron chi connectivity index (χ2n) is 8.44. The molecule has 5 rings (SSSR count). The molecule has 0 spiro atoms. The number of fused-ring (bicyclic) bond motifs is 1. The van der Waals surface area contributed by atoms with Crippen molar-refractivity contribution in [2.24, 2.45) is 0 Å². The molecule has 0 aromatic heterocycles. The number of anilines is 2. The number of nitrogens with zero attached hydrogens (tertiary/aromatic N) is 2. The predicted octanol–water partition coefficient (Wildman–Crippen LogP) is 2.52. The molecule has 1 N–H and O–H groups in total. The van der Waals surface area contributed by atoms with Gasteiger partial charge in [-0.1, -0.05) is 0 Å². The Labute approximate surface area is 186 Å². The first-order chi connectivity index (χ1) is 15.5. The lowest BCUT2D eigenvalue weighted by Gasteiger charge is -2.30. The third-order valence-corrected chi connectivity index (χ3v) is 6.50. The highest BCUT2D eigenvalue weighted by molar-refractivity contribution is 6.08. The normalized spacial score (nSPS) is 22.8. The van der Waals surface area contributed by atoms with Crippen molar-refractivity contribution in [3.05, 3.63) is 53.3 Å². The van der Waals surface area contributed by atoms with Gasteiger partial charge in [0, 0.05) is 43.3 Å². The zero-order valence-electron chi connectivity index (χ0n) is 18.0. The molecule has 2 saturated heterocycles. The van der Waals surface area contributed by atoms with E-state index in [1.807, 2.05) is 24.1 Å². The minimum atomic E-state index is -0.593. The van der Waals surface area contributed by atoms with Crippen LogP contribution in [0.1, 0.15) is 28.8 Å². The van der Waals surface area contributed by atoms with E-state index < -0.39 is 6.10 Å². The molecular formula is C24H26FN3O4. The van der Waals surface area contributed by atoms with Gasteiger partial charge in [0.2, 0.25) is 0 Å². The quantitative estimate of drug-likeness (QED) is 0.722. The van der Waals surface area contributed by atoms with Crippen molar-refractivity contribution < 1.29 is 23.5 Å². The van der Waals surface area contributed by atoms with Crippen molar-refractivity contribution in [1.29, 1.82) is 0 Å². The lowest BCUT2D eigenvalue weighted by Crippen LogP contribution is -2.37. The van der Waals surface area contributed by atoms with Crippen molar-refractivity contribution in [3.8, 4) is 5.75 Å². The number of carbonyl (C=O) groups excluding carboxylic acids is 2. The highest BCUT2D eigenvalue weighted by Crippen LogP contribution is 2.32. The van der Waals surface area contributed by atoms with E-state index in [2.05, 4.69) is 5.32 Å². The summed E-state index contributed by atoms with van der Waals surface area (Å²) in [6.07, 6.45) is 1.53. The summed E-state index contributed by atoms with van der Waals surface area (Å²) < 4.78 is 25.6. The minimum Gasteiger partial charge on any atom is -0.479 e. The lowest BCUT2D eigenvalue weighted by atomic mass is 9.98. The van der Waals surface area contributed by atoms with E-state index in [1.54, 1.807) is 23.1 Å². The second-order valence-corrected chi connectivity index (χ2v) is 8.44. The first kappa shape index (κ1) is 20.8. The van der Waals surface area contributed by atoms with Gasteiger partial charge in [-0.3, -0.25) is 4.79 Å². The lowest BCUT2D eigenvalue weighted by molar-refractivity contribution is -0.143. The van der Waals surface area contributed by atoms with Gasteiger partial charge in [-0.25, -0.2) is 9.18 Å². The zero-order valence-corrected chi connectivity index (χ0v) is 18.0. The zero-order chi connectivity index (χ0) is 22.2. The summed E-state index contributed by atoms with van der Waals surface area (Å²) in [5.41, 5.74) is 2.56. The second kappa shape index (κ2) is 8.43. The molecule has 3 aliphatic heterocycles. The molecule has 2 aromatic carbocycles. The summed E-state index contributed by atoms with van der Waals surface area (Å²) in [6, 6.07) is 10.6. The van der Waals surface area contributed by atoms with Gasteiger partial charge < -0.3 is 24.6 Å². The summed E-state index contributed by atoms with van der Waals surface area (Å²) in [5.74, 6) is -0.285. The van der Waals surface area contributed by atoms with Gasteiger partial charge in [0.15, 0.2) is 6.10 Å². The number of cyclic esters (lactones) is 1. The van der Waals surface area contributed by atoms with E-state index in [-0.39, 0.29) is 17.7 Å². The predicted molar refractivity (Wildman–Crippen MR) is 118 cm³/mol. The molecule has 168 valence electrons. The number of hydrogen-bond donors (Lipinski definition) is 1. The number of benzene rings is 2. The smallest absolute Gasteiger partial charge is 0.347 e. The molecule has 32 heavy (non-hydrogen) atoms. The van der Waals surface area contributed by atoms with E-state index in [4.69, 9.17) is 9.47 Å². The summed E-state index contributed by atoms with van der Waals surface area (Å²) in [5, 5.41) is 3.24. The molecule has 2 aromatic rings. The maximum Gasteiger partial charge on any atom is 0.347 e. The van der Waals surface area contributed by atoms with Gasteiger partial charge in [0.05, 0.1) is 12.3 Å². The summed E-state index contributed by atoms with van der Waals surface area (Å²) in [4.78, 5) is 28.4. The molecule has 2 fully saturated rings. The van der Waals surface area contributed by atoms with Gasteiger partial charge in [0.1, 0.15) is 11.6 Å². The molecule has 0 saturated carbocycles. The molecular weight excluding hydrogens is 413 g/mol. The Morgan fingerprint density at radius 2 is 2.00 bits per heavy atom. The van der Waals surface area contributed by atoms with Crippen molar-refractivity contribution in [1.82, 2.24) is 5.32 Å². The maximum absolute atomic E-state index is 14.9. The fraction of sp³-hybridized carbons (Fsp3) is 0.417. The van der Waals surface area contributed by atoms with E-state index in [0.717, 1.165) is 25.1 Å².